The molecular formula is C7H17IS. The first-order chi connectivity index (χ1) is 3.81. The lowest BCUT2D eigenvalue weighted by atomic mass is 10.3. The molecule has 0 aromatic carbocycles. The molecule has 0 aromatic rings. The zero-order valence-electron chi connectivity index (χ0n) is 6.99. The Hall–Kier alpha value is 1.08. The summed E-state index contributed by atoms with van der Waals surface area (Å²) in [7, 11) is -0.366. The minimum atomic E-state index is -0.366. The van der Waals surface area contributed by atoms with E-state index in [0.717, 1.165) is 0 Å². The van der Waals surface area contributed by atoms with Crippen LogP contribution in [0.25, 0.3) is 0 Å². The molecule has 0 fully saturated rings. The molecule has 0 N–H and O–H groups in total. The zero-order valence-corrected chi connectivity index (χ0v) is 9.97. The molecule has 58 valence electrons. The van der Waals surface area contributed by atoms with Gasteiger partial charge in [0.15, 0.2) is 0 Å². The van der Waals surface area contributed by atoms with Crippen LogP contribution in [0.1, 0.15) is 27.7 Å². The number of halogens is 1. The van der Waals surface area contributed by atoms with Gasteiger partial charge in [0.2, 0.25) is 0 Å². The zero-order chi connectivity index (χ0) is 7.71. The Morgan fingerprint density at radius 1 is 1.33 bits per heavy atom. The van der Waals surface area contributed by atoms with E-state index in [1.54, 1.807) is 0 Å². The van der Waals surface area contributed by atoms with E-state index in [9.17, 15) is 0 Å². The molecule has 0 rings (SSSR count). The summed E-state index contributed by atoms with van der Waals surface area (Å²) in [4.78, 5) is 0. The number of rotatable bonds is 1. The maximum Gasteiger partial charge on any atom is -0.000336 e. The molecule has 1 atom stereocenters. The lowest BCUT2D eigenvalue weighted by molar-refractivity contribution is 0.795. The predicted molar refractivity (Wildman–Crippen MR) is 57.8 cm³/mol. The predicted octanol–water partition coefficient (Wildman–Crippen LogP) is 3.59. The Labute approximate surface area is 72.7 Å². The summed E-state index contributed by atoms with van der Waals surface area (Å²) < 4.78 is 0.516. The largest absolute Gasteiger partial charge is 0.185 e. The van der Waals surface area contributed by atoms with Crippen molar-refractivity contribution in [1.82, 2.24) is 0 Å². The van der Waals surface area contributed by atoms with Crippen LogP contribution >= 0.6 is 28.4 Å². The maximum absolute atomic E-state index is 2.63. The molecule has 0 aliphatic heterocycles. The van der Waals surface area contributed by atoms with Gasteiger partial charge in [-0.15, -0.1) is 0 Å². The third-order valence-electron chi connectivity index (χ3n) is 1.82. The number of hydrogen-bond donors (Lipinski definition) is 0. The van der Waals surface area contributed by atoms with Gasteiger partial charge in [-0.1, -0.05) is 27.7 Å². The summed E-state index contributed by atoms with van der Waals surface area (Å²) in [5, 5.41) is 0. The molecule has 1 unspecified atom stereocenters. The Bertz CT molecular complexity index is 91.6. The van der Waals surface area contributed by atoms with Crippen LogP contribution < -0.4 is 0 Å². The van der Waals surface area contributed by atoms with Gasteiger partial charge in [0, 0.05) is 0 Å². The summed E-state index contributed by atoms with van der Waals surface area (Å²) in [6.45, 7) is 9.28. The average Bonchev–Trinajstić information content (AvgIpc) is 1.64. The van der Waals surface area contributed by atoms with E-state index in [0.29, 0.717) is 4.75 Å². The van der Waals surface area contributed by atoms with Crippen molar-refractivity contribution in [2.45, 2.75) is 32.4 Å². The minimum Gasteiger partial charge on any atom is -0.185 e. The molecule has 0 aromatic heterocycles. The second-order valence-corrected chi connectivity index (χ2v) is 13.0. The standard InChI is InChI=1S/C7H17IS/c1-6-9(5,8)7(2,3)4/h6H2,1-5H3. The fourth-order valence-corrected chi connectivity index (χ4v) is 1.30. The van der Waals surface area contributed by atoms with E-state index in [-0.39, 0.29) is 7.20 Å². The van der Waals surface area contributed by atoms with Crippen LogP contribution in [-0.2, 0) is 0 Å². The molecule has 0 aliphatic rings. The van der Waals surface area contributed by atoms with Crippen LogP contribution in [0.2, 0.25) is 0 Å². The van der Waals surface area contributed by atoms with Gasteiger partial charge < -0.3 is 0 Å². The van der Waals surface area contributed by atoms with Crippen LogP contribution in [0.5, 0.6) is 0 Å². The summed E-state index contributed by atoms with van der Waals surface area (Å²) >= 11 is 2.63. The van der Waals surface area contributed by atoms with Gasteiger partial charge in [-0.25, -0.2) is 0 Å². The van der Waals surface area contributed by atoms with Gasteiger partial charge >= 0.3 is 0 Å². The average molecular weight is 260 g/mol. The summed E-state index contributed by atoms with van der Waals surface area (Å²) in [6, 6.07) is 0. The smallest absolute Gasteiger partial charge is 0.000336 e. The van der Waals surface area contributed by atoms with Crippen LogP contribution in [0, 0.1) is 0 Å². The second-order valence-electron chi connectivity index (χ2n) is 3.38. The Morgan fingerprint density at radius 2 is 1.67 bits per heavy atom. The highest BCUT2D eigenvalue weighted by molar-refractivity contribution is 14.2. The van der Waals surface area contributed by atoms with Gasteiger partial charge in [0.05, 0.1) is 0 Å². The minimum absolute atomic E-state index is 0.366. The molecule has 0 saturated carbocycles. The van der Waals surface area contributed by atoms with Crippen molar-refractivity contribution in [3.05, 3.63) is 0 Å². The molecule has 9 heavy (non-hydrogen) atoms. The van der Waals surface area contributed by atoms with E-state index in [4.69, 9.17) is 0 Å². The van der Waals surface area contributed by atoms with Crippen molar-refractivity contribution < 1.29 is 0 Å². The first-order valence-corrected chi connectivity index (χ1v) is 8.02. The quantitative estimate of drug-likeness (QED) is 0.632. The highest BCUT2D eigenvalue weighted by atomic mass is 127. The summed E-state index contributed by atoms with van der Waals surface area (Å²) in [6.07, 6.45) is 2.40. The molecule has 0 bridgehead atoms. The van der Waals surface area contributed by atoms with Crippen LogP contribution in [0.3, 0.4) is 0 Å². The lowest BCUT2D eigenvalue weighted by Crippen LogP contribution is -2.20. The van der Waals surface area contributed by atoms with Crippen molar-refractivity contribution in [2.75, 3.05) is 12.0 Å². The Morgan fingerprint density at radius 3 is 1.67 bits per heavy atom. The van der Waals surface area contributed by atoms with E-state index in [1.165, 1.54) is 5.75 Å². The summed E-state index contributed by atoms with van der Waals surface area (Å²) in [5.74, 6) is 1.33. The summed E-state index contributed by atoms with van der Waals surface area (Å²) in [5.41, 5.74) is 0. The van der Waals surface area contributed by atoms with Crippen molar-refractivity contribution in [1.29, 1.82) is 0 Å². The van der Waals surface area contributed by atoms with Gasteiger partial charge in [-0.2, -0.15) is 7.20 Å². The topological polar surface area (TPSA) is 0 Å². The fourth-order valence-electron chi connectivity index (χ4n) is 0.433. The first-order valence-electron chi connectivity index (χ1n) is 3.26. The Balaban J connectivity index is 4.14. The third-order valence-corrected chi connectivity index (χ3v) is 11.3. The molecule has 0 heterocycles. The van der Waals surface area contributed by atoms with Crippen molar-refractivity contribution in [2.24, 2.45) is 0 Å². The number of hydrogen-bond acceptors (Lipinski definition) is 0. The lowest BCUT2D eigenvalue weighted by Gasteiger charge is -2.41. The monoisotopic (exact) mass is 260 g/mol. The molecule has 0 saturated heterocycles. The van der Waals surface area contributed by atoms with Crippen LogP contribution in [0.4, 0.5) is 0 Å². The Kier molecular flexibility index (Phi) is 3.35. The van der Waals surface area contributed by atoms with Crippen molar-refractivity contribution in [3.8, 4) is 0 Å². The van der Waals surface area contributed by atoms with Gasteiger partial charge in [-0.05, 0) is 38.0 Å². The molecule has 0 amide bonds. The van der Waals surface area contributed by atoms with E-state index in [2.05, 4.69) is 55.2 Å². The van der Waals surface area contributed by atoms with E-state index in [1.807, 2.05) is 0 Å². The highest BCUT2D eigenvalue weighted by Crippen LogP contribution is 2.62. The van der Waals surface area contributed by atoms with Gasteiger partial charge in [-0.3, -0.25) is 0 Å². The highest BCUT2D eigenvalue weighted by Gasteiger charge is 2.27. The molecule has 0 nitrogen and oxygen atoms in total. The van der Waals surface area contributed by atoms with Crippen LogP contribution in [0.15, 0.2) is 0 Å². The van der Waals surface area contributed by atoms with E-state index >= 15 is 0 Å². The normalized spacial score (nSPS) is 22.9. The van der Waals surface area contributed by atoms with Crippen molar-refractivity contribution >= 4 is 28.4 Å². The molecular weight excluding hydrogens is 243 g/mol. The van der Waals surface area contributed by atoms with Gasteiger partial charge in [0.25, 0.3) is 0 Å². The SMILES string of the molecule is CCS(C)(I)C(C)(C)C. The van der Waals surface area contributed by atoms with E-state index < -0.39 is 0 Å². The molecule has 0 spiro atoms. The fraction of sp³-hybridized carbons (Fsp3) is 1.00. The maximum atomic E-state index is 2.63. The third kappa shape index (κ3) is 2.66. The van der Waals surface area contributed by atoms with Crippen LogP contribution in [-0.4, -0.2) is 16.8 Å². The molecule has 0 radical (unpaired) electrons. The van der Waals surface area contributed by atoms with Gasteiger partial charge in [0.1, 0.15) is 0 Å². The molecule has 0 aliphatic carbocycles. The first kappa shape index (κ1) is 10.1. The molecule has 2 heteroatoms. The second kappa shape index (κ2) is 2.99. The van der Waals surface area contributed by atoms with Crippen molar-refractivity contribution in [3.63, 3.8) is 0 Å².